The largest absolute Gasteiger partial charge is 0.389 e. The number of hydrogen-bond acceptors (Lipinski definition) is 4. The van der Waals surface area contributed by atoms with Gasteiger partial charge in [0.25, 0.3) is 0 Å². The maximum atomic E-state index is 11.6. The molecule has 2 aliphatic rings. The van der Waals surface area contributed by atoms with E-state index in [-0.39, 0.29) is 28.6 Å². The SMILES string of the molecule is CC1=C/C(=C/NCCN/C=C2/C=C(C)C=CC2=O)C(=O)C=C1.[Cu]. The smallest absolute Gasteiger partial charge is 0.187 e. The van der Waals surface area contributed by atoms with Gasteiger partial charge in [-0.2, -0.15) is 0 Å². The summed E-state index contributed by atoms with van der Waals surface area (Å²) in [6.07, 6.45) is 13.9. The topological polar surface area (TPSA) is 58.2 Å². The van der Waals surface area contributed by atoms with Crippen molar-refractivity contribution < 1.29 is 26.7 Å². The molecule has 5 heteroatoms. The molecule has 0 heterocycles. The molecule has 0 spiro atoms. The van der Waals surface area contributed by atoms with Gasteiger partial charge in [0.1, 0.15) is 0 Å². The van der Waals surface area contributed by atoms with Crippen LogP contribution in [0.25, 0.3) is 0 Å². The molecule has 0 saturated heterocycles. The maximum absolute atomic E-state index is 11.6. The van der Waals surface area contributed by atoms with Gasteiger partial charge in [-0.3, -0.25) is 9.59 Å². The molecule has 0 bridgehead atoms. The Bertz CT molecular complexity index is 607. The van der Waals surface area contributed by atoms with Crippen molar-refractivity contribution in [2.24, 2.45) is 0 Å². The van der Waals surface area contributed by atoms with Crippen molar-refractivity contribution in [1.29, 1.82) is 0 Å². The van der Waals surface area contributed by atoms with Gasteiger partial charge < -0.3 is 10.6 Å². The summed E-state index contributed by atoms with van der Waals surface area (Å²) in [6.45, 7) is 5.22. The van der Waals surface area contributed by atoms with Crippen molar-refractivity contribution in [3.05, 3.63) is 71.1 Å². The van der Waals surface area contributed by atoms with E-state index in [1.54, 1.807) is 36.7 Å². The number of allylic oxidation sites excluding steroid dienone is 10. The third kappa shape index (κ3) is 5.89. The second-order valence-corrected chi connectivity index (χ2v) is 5.28. The van der Waals surface area contributed by atoms with Crippen molar-refractivity contribution >= 4 is 11.6 Å². The summed E-state index contributed by atoms with van der Waals surface area (Å²) in [5.41, 5.74) is 3.43. The third-order valence-electron chi connectivity index (χ3n) is 3.26. The zero-order valence-electron chi connectivity index (χ0n) is 13.2. The second-order valence-electron chi connectivity index (χ2n) is 5.28. The van der Waals surface area contributed by atoms with E-state index in [9.17, 15) is 9.59 Å². The van der Waals surface area contributed by atoms with Gasteiger partial charge in [-0.05, 0) is 38.2 Å². The van der Waals surface area contributed by atoms with Crippen LogP contribution in [0.4, 0.5) is 0 Å². The summed E-state index contributed by atoms with van der Waals surface area (Å²) in [4.78, 5) is 23.2. The summed E-state index contributed by atoms with van der Waals surface area (Å²) >= 11 is 0. The van der Waals surface area contributed by atoms with Crippen molar-refractivity contribution in [2.75, 3.05) is 13.1 Å². The van der Waals surface area contributed by atoms with Crippen molar-refractivity contribution in [1.82, 2.24) is 10.6 Å². The van der Waals surface area contributed by atoms with Crippen LogP contribution in [0.5, 0.6) is 0 Å². The van der Waals surface area contributed by atoms with Crippen LogP contribution < -0.4 is 10.6 Å². The molecule has 125 valence electrons. The van der Waals surface area contributed by atoms with Gasteiger partial charge in [-0.15, -0.1) is 0 Å². The Morgan fingerprint density at radius 3 is 1.57 bits per heavy atom. The molecular weight excluding hydrogens is 340 g/mol. The van der Waals surface area contributed by atoms with Gasteiger partial charge in [0.2, 0.25) is 0 Å². The first kappa shape index (κ1) is 18.9. The van der Waals surface area contributed by atoms with Crippen LogP contribution in [0.15, 0.2) is 71.1 Å². The quantitative estimate of drug-likeness (QED) is 0.448. The van der Waals surface area contributed by atoms with E-state index in [1.807, 2.05) is 26.0 Å². The van der Waals surface area contributed by atoms with Gasteiger partial charge in [-0.25, -0.2) is 0 Å². The van der Waals surface area contributed by atoms with Gasteiger partial charge in [-0.1, -0.05) is 23.3 Å². The first-order valence-corrected chi connectivity index (χ1v) is 7.25. The fourth-order valence-corrected chi connectivity index (χ4v) is 2.07. The molecule has 2 rings (SSSR count). The van der Waals surface area contributed by atoms with Gasteiger partial charge in [0.15, 0.2) is 11.6 Å². The average molecular weight is 360 g/mol. The Balaban J connectivity index is 0.00000264. The molecule has 1 radical (unpaired) electrons. The fraction of sp³-hybridized carbons (Fsp3) is 0.222. The first-order chi connectivity index (χ1) is 10.6. The zero-order chi connectivity index (χ0) is 15.9. The van der Waals surface area contributed by atoms with Crippen LogP contribution in [0.1, 0.15) is 13.8 Å². The molecule has 0 aromatic carbocycles. The minimum Gasteiger partial charge on any atom is -0.389 e. The zero-order valence-corrected chi connectivity index (χ0v) is 14.1. The van der Waals surface area contributed by atoms with E-state index in [0.717, 1.165) is 11.1 Å². The van der Waals surface area contributed by atoms with E-state index in [0.29, 0.717) is 24.2 Å². The van der Waals surface area contributed by atoms with Crippen LogP contribution in [0.3, 0.4) is 0 Å². The van der Waals surface area contributed by atoms with E-state index in [1.165, 1.54) is 0 Å². The number of hydrogen-bond donors (Lipinski definition) is 2. The van der Waals surface area contributed by atoms with Gasteiger partial charge in [0, 0.05) is 53.7 Å². The molecule has 0 aliphatic heterocycles. The van der Waals surface area contributed by atoms with Gasteiger partial charge >= 0.3 is 0 Å². The molecule has 23 heavy (non-hydrogen) atoms. The molecule has 0 aromatic heterocycles. The predicted molar refractivity (Wildman–Crippen MR) is 88.0 cm³/mol. The number of carbonyl (C=O) groups excluding carboxylic acids is 2. The number of nitrogens with one attached hydrogen (secondary N) is 2. The fourth-order valence-electron chi connectivity index (χ4n) is 2.07. The molecule has 0 atom stereocenters. The summed E-state index contributed by atoms with van der Waals surface area (Å²) < 4.78 is 0. The summed E-state index contributed by atoms with van der Waals surface area (Å²) in [7, 11) is 0. The van der Waals surface area contributed by atoms with Crippen LogP contribution in [-0.2, 0) is 26.7 Å². The molecule has 4 nitrogen and oxygen atoms in total. The molecule has 0 aromatic rings. The monoisotopic (exact) mass is 359 g/mol. The molecule has 0 unspecified atom stereocenters. The second kappa shape index (κ2) is 9.13. The first-order valence-electron chi connectivity index (χ1n) is 7.25. The van der Waals surface area contributed by atoms with Crippen LogP contribution in [0.2, 0.25) is 0 Å². The van der Waals surface area contributed by atoms with Crippen molar-refractivity contribution in [2.45, 2.75) is 13.8 Å². The molecule has 0 amide bonds. The molecular formula is C18H20CuN2O2. The van der Waals surface area contributed by atoms with Crippen molar-refractivity contribution in [3.8, 4) is 0 Å². The Hall–Kier alpha value is -2.10. The van der Waals surface area contributed by atoms with Crippen LogP contribution >= 0.6 is 0 Å². The normalized spacial score (nSPS) is 20.3. The predicted octanol–water partition coefficient (Wildman–Crippen LogP) is 2.10. The molecule has 0 saturated carbocycles. The minimum atomic E-state index is 0. The van der Waals surface area contributed by atoms with Gasteiger partial charge in [0.05, 0.1) is 0 Å². The van der Waals surface area contributed by atoms with E-state index in [2.05, 4.69) is 10.6 Å². The molecule has 0 fully saturated rings. The molecule has 2 N–H and O–H groups in total. The summed E-state index contributed by atoms with van der Waals surface area (Å²) in [5, 5.41) is 6.19. The number of carbonyl (C=O) groups is 2. The minimum absolute atomic E-state index is 0. The Morgan fingerprint density at radius 1 is 0.783 bits per heavy atom. The van der Waals surface area contributed by atoms with Crippen LogP contribution in [-0.4, -0.2) is 24.7 Å². The average Bonchev–Trinajstić information content (AvgIpc) is 2.49. The summed E-state index contributed by atoms with van der Waals surface area (Å²) in [6, 6.07) is 0. The van der Waals surface area contributed by atoms with Crippen LogP contribution in [0, 0.1) is 0 Å². The van der Waals surface area contributed by atoms with E-state index in [4.69, 9.17) is 0 Å². The standard InChI is InChI=1S/C18H20N2O2.Cu/c1-13-3-5-17(21)15(9-13)11-19-7-8-20-12-16-10-14(2)4-6-18(16)22;/h3-6,9-12,19-20H,7-8H2,1-2H3;/b15-11-,16-12-;. The Labute approximate surface area is 147 Å². The summed E-state index contributed by atoms with van der Waals surface area (Å²) in [5.74, 6) is 0.0155. The Morgan fingerprint density at radius 2 is 1.17 bits per heavy atom. The van der Waals surface area contributed by atoms with Crippen molar-refractivity contribution in [3.63, 3.8) is 0 Å². The number of rotatable bonds is 5. The van der Waals surface area contributed by atoms with E-state index >= 15 is 0 Å². The molecule has 2 aliphatic carbocycles. The third-order valence-corrected chi connectivity index (χ3v) is 3.26. The maximum Gasteiger partial charge on any atom is 0.187 e. The Kier molecular flexibility index (Phi) is 7.52. The number of ketones is 2. The van der Waals surface area contributed by atoms with E-state index < -0.39 is 0 Å².